The lowest BCUT2D eigenvalue weighted by Gasteiger charge is -2.18. The molecule has 1 aromatic heterocycles. The summed E-state index contributed by atoms with van der Waals surface area (Å²) in [5.74, 6) is -2.22. The van der Waals surface area contributed by atoms with Crippen LogP contribution in [0.2, 0.25) is 0 Å². The Morgan fingerprint density at radius 3 is 2.62 bits per heavy atom. The molecule has 0 fully saturated rings. The minimum absolute atomic E-state index is 0.0154. The number of halogens is 3. The first kappa shape index (κ1) is 21.1. The van der Waals surface area contributed by atoms with Crippen LogP contribution in [0.1, 0.15) is 40.5 Å². The molecular weight excluding hydrogens is 426 g/mol. The Hall–Kier alpha value is -1.25. The zero-order valence-electron chi connectivity index (χ0n) is 15.1. The first-order valence-electron chi connectivity index (χ1n) is 8.15. The van der Waals surface area contributed by atoms with Crippen LogP contribution >= 0.6 is 15.9 Å². The fourth-order valence-corrected chi connectivity index (χ4v) is 3.42. The largest absolute Gasteiger partial charge is 0.591 e. The van der Waals surface area contributed by atoms with Gasteiger partial charge in [-0.1, -0.05) is 4.40 Å². The maximum absolute atomic E-state index is 14.1. The number of hydrogen-bond acceptors (Lipinski definition) is 3. The molecular formula is C18H21BrF2N2O2S. The molecule has 2 aromatic rings. The molecule has 1 unspecified atom stereocenters. The number of rotatable bonds is 5. The Morgan fingerprint density at radius 1 is 1.35 bits per heavy atom. The maximum Gasteiger partial charge on any atom is 0.261 e. The third kappa shape index (κ3) is 4.72. The van der Waals surface area contributed by atoms with Crippen molar-refractivity contribution in [3.05, 3.63) is 44.8 Å². The molecule has 2 rings (SSSR count). The molecule has 0 saturated carbocycles. The molecule has 0 aliphatic rings. The number of pyridine rings is 1. The molecule has 142 valence electrons. The van der Waals surface area contributed by atoms with Gasteiger partial charge in [0.05, 0.1) is 15.6 Å². The van der Waals surface area contributed by atoms with E-state index < -0.39 is 33.3 Å². The van der Waals surface area contributed by atoms with Gasteiger partial charge in [-0.15, -0.1) is 0 Å². The van der Waals surface area contributed by atoms with Crippen molar-refractivity contribution in [2.45, 2.75) is 51.8 Å². The zero-order valence-corrected chi connectivity index (χ0v) is 17.5. The van der Waals surface area contributed by atoms with Gasteiger partial charge in [0.2, 0.25) is 0 Å². The Kier molecular flexibility index (Phi) is 6.63. The van der Waals surface area contributed by atoms with Gasteiger partial charge in [0.1, 0.15) is 16.1 Å². The lowest BCUT2D eigenvalue weighted by molar-refractivity contribution is 0.510. The van der Waals surface area contributed by atoms with Gasteiger partial charge in [-0.2, -0.15) is 0 Å². The average molecular weight is 447 g/mol. The third-order valence-corrected chi connectivity index (χ3v) is 5.90. The van der Waals surface area contributed by atoms with Crippen molar-refractivity contribution in [3.8, 4) is 0 Å². The highest BCUT2D eigenvalue weighted by molar-refractivity contribution is 9.10. The molecule has 0 amide bonds. The van der Waals surface area contributed by atoms with E-state index in [1.54, 1.807) is 19.2 Å². The lowest BCUT2D eigenvalue weighted by Crippen LogP contribution is -2.26. The molecule has 0 bridgehead atoms. The monoisotopic (exact) mass is 446 g/mol. The van der Waals surface area contributed by atoms with E-state index in [-0.39, 0.29) is 9.86 Å². The molecule has 1 heterocycles. The highest BCUT2D eigenvalue weighted by atomic mass is 79.9. The molecule has 0 spiro atoms. The van der Waals surface area contributed by atoms with Gasteiger partial charge < -0.3 is 9.12 Å². The summed E-state index contributed by atoms with van der Waals surface area (Å²) in [6.45, 7) is 7.67. The quantitative estimate of drug-likeness (QED) is 0.378. The summed E-state index contributed by atoms with van der Waals surface area (Å²) >= 11 is 1.62. The molecule has 0 aliphatic carbocycles. The van der Waals surface area contributed by atoms with Crippen molar-refractivity contribution in [1.82, 2.24) is 4.57 Å². The average Bonchev–Trinajstić information content (AvgIpc) is 2.53. The molecule has 1 atom stereocenters. The van der Waals surface area contributed by atoms with E-state index in [0.717, 1.165) is 5.71 Å². The van der Waals surface area contributed by atoms with Crippen LogP contribution in [0, 0.1) is 11.6 Å². The van der Waals surface area contributed by atoms with Crippen molar-refractivity contribution >= 4 is 43.8 Å². The number of aromatic nitrogens is 1. The lowest BCUT2D eigenvalue weighted by atomic mass is 10.1. The fourth-order valence-electron chi connectivity index (χ4n) is 2.35. The van der Waals surface area contributed by atoms with E-state index in [1.807, 2.05) is 20.8 Å². The van der Waals surface area contributed by atoms with Gasteiger partial charge in [-0.3, -0.25) is 4.79 Å². The van der Waals surface area contributed by atoms with Crippen LogP contribution in [0.25, 0.3) is 10.8 Å². The number of hydrogen-bond donors (Lipinski definition) is 0. The summed E-state index contributed by atoms with van der Waals surface area (Å²) in [7, 11) is 0. The van der Waals surface area contributed by atoms with Crippen molar-refractivity contribution in [2.75, 3.05) is 0 Å². The van der Waals surface area contributed by atoms with Crippen molar-refractivity contribution in [2.24, 2.45) is 4.40 Å². The minimum Gasteiger partial charge on any atom is -0.591 e. The Bertz CT molecular complexity index is 907. The smallest absolute Gasteiger partial charge is 0.261 e. The molecule has 1 aromatic carbocycles. The normalized spacial score (nSPS) is 14.1. The van der Waals surface area contributed by atoms with Crippen molar-refractivity contribution in [3.63, 3.8) is 0 Å². The van der Waals surface area contributed by atoms with Crippen LogP contribution in [0.5, 0.6) is 0 Å². The summed E-state index contributed by atoms with van der Waals surface area (Å²) in [5.41, 5.74) is 0.160. The summed E-state index contributed by atoms with van der Waals surface area (Å²) in [6.07, 6.45) is 2.69. The van der Waals surface area contributed by atoms with E-state index >= 15 is 0 Å². The highest BCUT2D eigenvalue weighted by Crippen LogP contribution is 2.25. The van der Waals surface area contributed by atoms with Gasteiger partial charge in [0, 0.05) is 12.7 Å². The van der Waals surface area contributed by atoms with E-state index in [1.165, 1.54) is 10.6 Å². The third-order valence-electron chi connectivity index (χ3n) is 3.80. The second-order valence-electron chi connectivity index (χ2n) is 7.06. The first-order valence-corrected chi connectivity index (χ1v) is 10.0. The first-order chi connectivity index (χ1) is 12.0. The van der Waals surface area contributed by atoms with Crippen LogP contribution in [-0.4, -0.2) is 19.6 Å². The van der Waals surface area contributed by atoms with Crippen LogP contribution in [-0.2, 0) is 17.9 Å². The second-order valence-corrected chi connectivity index (χ2v) is 9.82. The van der Waals surface area contributed by atoms with E-state index in [9.17, 15) is 18.1 Å². The number of fused-ring (bicyclic) bond motifs is 1. The van der Waals surface area contributed by atoms with Gasteiger partial charge in [-0.25, -0.2) is 8.78 Å². The SMILES string of the molecule is CC(CCCn1ccc2cc(Br)c(F)c(F)c2c1=O)=N[S+]([O-])C(C)(C)C. The molecule has 8 heteroatoms. The topological polar surface area (TPSA) is 57.4 Å². The number of benzene rings is 1. The standard InChI is InChI=1S/C18H21BrF2N2O2S/c1-11(22-26(25)18(2,3)4)6-5-8-23-9-7-12-10-13(19)15(20)16(21)14(12)17(23)24/h7,9-10H,5-6,8H2,1-4H3. The van der Waals surface area contributed by atoms with Crippen LogP contribution in [0.4, 0.5) is 8.78 Å². The van der Waals surface area contributed by atoms with Gasteiger partial charge in [0.25, 0.3) is 5.56 Å². The Morgan fingerprint density at radius 2 is 2.00 bits per heavy atom. The molecule has 0 N–H and O–H groups in total. The van der Waals surface area contributed by atoms with Crippen molar-refractivity contribution in [1.29, 1.82) is 0 Å². The minimum atomic E-state index is -1.32. The van der Waals surface area contributed by atoms with Crippen LogP contribution < -0.4 is 5.56 Å². The predicted molar refractivity (Wildman–Crippen MR) is 106 cm³/mol. The molecule has 0 radical (unpaired) electrons. The second kappa shape index (κ2) is 8.19. The summed E-state index contributed by atoms with van der Waals surface area (Å²) < 4.78 is 44.9. The highest BCUT2D eigenvalue weighted by Gasteiger charge is 2.26. The molecule has 26 heavy (non-hydrogen) atoms. The Balaban J connectivity index is 2.16. The summed E-state index contributed by atoms with van der Waals surface area (Å²) in [5, 5.41) is 0.0859. The van der Waals surface area contributed by atoms with E-state index in [0.29, 0.717) is 24.8 Å². The number of aryl methyl sites for hydroxylation is 1. The zero-order chi connectivity index (χ0) is 19.6. The summed E-state index contributed by atoms with van der Waals surface area (Å²) in [6, 6.07) is 2.97. The van der Waals surface area contributed by atoms with E-state index in [4.69, 9.17) is 0 Å². The molecule has 0 saturated heterocycles. The van der Waals surface area contributed by atoms with Gasteiger partial charge in [0.15, 0.2) is 11.6 Å². The van der Waals surface area contributed by atoms with Crippen molar-refractivity contribution < 1.29 is 13.3 Å². The van der Waals surface area contributed by atoms with E-state index in [2.05, 4.69) is 20.3 Å². The summed E-state index contributed by atoms with van der Waals surface area (Å²) in [4.78, 5) is 12.5. The maximum atomic E-state index is 14.1. The molecule has 0 aliphatic heterocycles. The number of nitrogens with zero attached hydrogens (tertiary/aromatic N) is 2. The van der Waals surface area contributed by atoms with Gasteiger partial charge in [-0.05, 0) is 74.0 Å². The van der Waals surface area contributed by atoms with Crippen LogP contribution in [0.3, 0.4) is 0 Å². The molecule has 4 nitrogen and oxygen atoms in total. The Labute approximate surface area is 162 Å². The van der Waals surface area contributed by atoms with Crippen LogP contribution in [0.15, 0.2) is 32.0 Å². The predicted octanol–water partition coefficient (Wildman–Crippen LogP) is 4.75. The fraction of sp³-hybridized carbons (Fsp3) is 0.444. The van der Waals surface area contributed by atoms with Gasteiger partial charge >= 0.3 is 0 Å².